The topological polar surface area (TPSA) is 29.1 Å². The van der Waals surface area contributed by atoms with Gasteiger partial charge in [0.25, 0.3) is 5.91 Å². The standard InChI is InChI=1S/C25H27NOS/c1-20-11-13-22(14-12-20)19-28-18-17-26-25(27)24-10-6-5-9-23(24)16-15-21-7-3-2-4-8-21/h2-14H,15-19H2,1H3,(H,26,27). The monoisotopic (exact) mass is 389 g/mol. The lowest BCUT2D eigenvalue weighted by molar-refractivity contribution is 0.0955. The van der Waals surface area contributed by atoms with Crippen LogP contribution in [0.25, 0.3) is 0 Å². The Balaban J connectivity index is 1.45. The van der Waals surface area contributed by atoms with E-state index in [1.807, 2.05) is 36.0 Å². The SMILES string of the molecule is Cc1ccc(CSCCNC(=O)c2ccccc2CCc2ccccc2)cc1. The molecule has 0 heterocycles. The third kappa shape index (κ3) is 6.28. The van der Waals surface area contributed by atoms with Crippen LogP contribution in [-0.4, -0.2) is 18.2 Å². The zero-order chi connectivity index (χ0) is 19.6. The van der Waals surface area contributed by atoms with Crippen molar-refractivity contribution in [3.63, 3.8) is 0 Å². The molecule has 28 heavy (non-hydrogen) atoms. The van der Waals surface area contributed by atoms with Gasteiger partial charge in [-0.25, -0.2) is 0 Å². The van der Waals surface area contributed by atoms with Crippen molar-refractivity contribution in [2.24, 2.45) is 0 Å². The van der Waals surface area contributed by atoms with E-state index in [9.17, 15) is 4.79 Å². The maximum atomic E-state index is 12.6. The summed E-state index contributed by atoms with van der Waals surface area (Å²) >= 11 is 1.85. The van der Waals surface area contributed by atoms with E-state index >= 15 is 0 Å². The third-order valence-electron chi connectivity index (χ3n) is 4.71. The molecule has 1 N–H and O–H groups in total. The number of hydrogen-bond donors (Lipinski definition) is 1. The predicted molar refractivity (Wildman–Crippen MR) is 120 cm³/mol. The minimum Gasteiger partial charge on any atom is -0.351 e. The Bertz CT molecular complexity index is 875. The third-order valence-corrected chi connectivity index (χ3v) is 5.74. The summed E-state index contributed by atoms with van der Waals surface area (Å²) in [5.74, 6) is 1.91. The molecule has 0 aliphatic heterocycles. The first-order valence-corrected chi connectivity index (χ1v) is 10.9. The lowest BCUT2D eigenvalue weighted by Crippen LogP contribution is -2.26. The van der Waals surface area contributed by atoms with E-state index in [4.69, 9.17) is 0 Å². The molecular weight excluding hydrogens is 362 g/mol. The van der Waals surface area contributed by atoms with Crippen LogP contribution in [0.1, 0.15) is 32.6 Å². The highest BCUT2D eigenvalue weighted by atomic mass is 32.2. The number of aryl methyl sites for hydroxylation is 3. The van der Waals surface area contributed by atoms with Gasteiger partial charge in [0.2, 0.25) is 0 Å². The molecule has 0 atom stereocenters. The molecule has 0 spiro atoms. The van der Waals surface area contributed by atoms with Gasteiger partial charge in [-0.15, -0.1) is 0 Å². The molecule has 0 radical (unpaired) electrons. The summed E-state index contributed by atoms with van der Waals surface area (Å²) < 4.78 is 0. The van der Waals surface area contributed by atoms with Crippen LogP contribution in [0.3, 0.4) is 0 Å². The van der Waals surface area contributed by atoms with Gasteiger partial charge in [-0.1, -0.05) is 78.4 Å². The first-order valence-electron chi connectivity index (χ1n) is 9.76. The fourth-order valence-electron chi connectivity index (χ4n) is 3.09. The van der Waals surface area contributed by atoms with Crippen molar-refractivity contribution >= 4 is 17.7 Å². The maximum Gasteiger partial charge on any atom is 0.251 e. The number of amides is 1. The Hall–Kier alpha value is -2.52. The molecule has 0 fully saturated rings. The maximum absolute atomic E-state index is 12.6. The molecule has 0 aliphatic carbocycles. The van der Waals surface area contributed by atoms with Crippen LogP contribution >= 0.6 is 11.8 Å². The highest BCUT2D eigenvalue weighted by Gasteiger charge is 2.10. The van der Waals surface area contributed by atoms with Gasteiger partial charge in [-0.2, -0.15) is 11.8 Å². The lowest BCUT2D eigenvalue weighted by atomic mass is 9.99. The Morgan fingerprint density at radius 2 is 1.54 bits per heavy atom. The van der Waals surface area contributed by atoms with Crippen molar-refractivity contribution in [3.8, 4) is 0 Å². The zero-order valence-electron chi connectivity index (χ0n) is 16.4. The first-order chi connectivity index (χ1) is 13.7. The lowest BCUT2D eigenvalue weighted by Gasteiger charge is -2.10. The molecule has 1 amide bonds. The van der Waals surface area contributed by atoms with E-state index in [2.05, 4.69) is 66.8 Å². The van der Waals surface area contributed by atoms with E-state index in [0.717, 1.165) is 35.5 Å². The van der Waals surface area contributed by atoms with Gasteiger partial charge in [-0.05, 0) is 42.5 Å². The van der Waals surface area contributed by atoms with Crippen molar-refractivity contribution in [3.05, 3.63) is 107 Å². The quantitative estimate of drug-likeness (QED) is 0.494. The Morgan fingerprint density at radius 3 is 2.32 bits per heavy atom. The first kappa shape index (κ1) is 20.2. The molecule has 0 aromatic heterocycles. The zero-order valence-corrected chi connectivity index (χ0v) is 17.2. The van der Waals surface area contributed by atoms with Crippen LogP contribution < -0.4 is 5.32 Å². The molecule has 0 unspecified atom stereocenters. The van der Waals surface area contributed by atoms with Gasteiger partial charge in [0.05, 0.1) is 0 Å². The number of carbonyl (C=O) groups excluding carboxylic acids is 1. The van der Waals surface area contributed by atoms with Gasteiger partial charge in [0.15, 0.2) is 0 Å². The molecule has 0 saturated heterocycles. The van der Waals surface area contributed by atoms with Gasteiger partial charge >= 0.3 is 0 Å². The summed E-state index contributed by atoms with van der Waals surface area (Å²) in [5, 5.41) is 3.07. The fourth-order valence-corrected chi connectivity index (χ4v) is 3.91. The molecule has 3 aromatic carbocycles. The second-order valence-corrected chi connectivity index (χ2v) is 8.04. The second-order valence-electron chi connectivity index (χ2n) is 6.94. The molecule has 0 saturated carbocycles. The Labute approximate surface area is 172 Å². The van der Waals surface area contributed by atoms with E-state index in [-0.39, 0.29) is 5.91 Å². The van der Waals surface area contributed by atoms with Crippen molar-refractivity contribution in [1.82, 2.24) is 5.32 Å². The molecule has 0 bridgehead atoms. The molecule has 3 aromatic rings. The van der Waals surface area contributed by atoms with Crippen LogP contribution in [0, 0.1) is 6.92 Å². The minimum atomic E-state index is 0.0274. The minimum absolute atomic E-state index is 0.0274. The summed E-state index contributed by atoms with van der Waals surface area (Å²) in [5.41, 5.74) is 5.81. The van der Waals surface area contributed by atoms with Crippen LogP contribution in [-0.2, 0) is 18.6 Å². The smallest absolute Gasteiger partial charge is 0.251 e. The van der Waals surface area contributed by atoms with Crippen molar-refractivity contribution in [2.75, 3.05) is 12.3 Å². The molecular formula is C25H27NOS. The molecule has 0 aliphatic rings. The highest BCUT2D eigenvalue weighted by Crippen LogP contribution is 2.14. The van der Waals surface area contributed by atoms with Crippen molar-refractivity contribution in [2.45, 2.75) is 25.5 Å². The van der Waals surface area contributed by atoms with Crippen LogP contribution in [0.15, 0.2) is 78.9 Å². The average molecular weight is 390 g/mol. The summed E-state index contributed by atoms with van der Waals surface area (Å²) in [6.07, 6.45) is 1.81. The Morgan fingerprint density at radius 1 is 0.821 bits per heavy atom. The molecule has 144 valence electrons. The average Bonchev–Trinajstić information content (AvgIpc) is 2.74. The summed E-state index contributed by atoms with van der Waals surface area (Å²) in [4.78, 5) is 12.6. The van der Waals surface area contributed by atoms with E-state index < -0.39 is 0 Å². The highest BCUT2D eigenvalue weighted by molar-refractivity contribution is 7.98. The number of hydrogen-bond acceptors (Lipinski definition) is 2. The number of benzene rings is 3. The Kier molecular flexibility index (Phi) is 7.74. The van der Waals surface area contributed by atoms with E-state index in [1.165, 1.54) is 16.7 Å². The van der Waals surface area contributed by atoms with Crippen molar-refractivity contribution in [1.29, 1.82) is 0 Å². The van der Waals surface area contributed by atoms with Crippen LogP contribution in [0.5, 0.6) is 0 Å². The van der Waals surface area contributed by atoms with Crippen LogP contribution in [0.2, 0.25) is 0 Å². The number of nitrogens with one attached hydrogen (secondary N) is 1. The van der Waals surface area contributed by atoms with Gasteiger partial charge in [-0.3, -0.25) is 4.79 Å². The van der Waals surface area contributed by atoms with Gasteiger partial charge in [0, 0.05) is 23.6 Å². The fraction of sp³-hybridized carbons (Fsp3) is 0.240. The second kappa shape index (κ2) is 10.7. The van der Waals surface area contributed by atoms with Crippen LogP contribution in [0.4, 0.5) is 0 Å². The number of carbonyl (C=O) groups is 1. The van der Waals surface area contributed by atoms with E-state index in [1.54, 1.807) is 0 Å². The molecule has 3 rings (SSSR count). The summed E-state index contributed by atoms with van der Waals surface area (Å²) in [6.45, 7) is 2.78. The number of rotatable bonds is 9. The molecule has 2 nitrogen and oxygen atoms in total. The van der Waals surface area contributed by atoms with Gasteiger partial charge < -0.3 is 5.32 Å². The normalized spacial score (nSPS) is 10.6. The predicted octanol–water partition coefficient (Wildman–Crippen LogP) is 5.44. The van der Waals surface area contributed by atoms with E-state index in [0.29, 0.717) is 6.54 Å². The number of thioether (sulfide) groups is 1. The molecule has 3 heteroatoms. The van der Waals surface area contributed by atoms with Gasteiger partial charge in [0.1, 0.15) is 0 Å². The largest absolute Gasteiger partial charge is 0.351 e. The van der Waals surface area contributed by atoms with Crippen molar-refractivity contribution < 1.29 is 4.79 Å². The summed E-state index contributed by atoms with van der Waals surface area (Å²) in [6, 6.07) is 27.0. The summed E-state index contributed by atoms with van der Waals surface area (Å²) in [7, 11) is 0.